The fraction of sp³-hybridized carbons (Fsp3) is 0.182. The average molecular weight is 420 g/mol. The predicted molar refractivity (Wildman–Crippen MR) is 111 cm³/mol. The maximum absolute atomic E-state index is 16.2. The van der Waals surface area contributed by atoms with E-state index in [2.05, 4.69) is 20.3 Å². The Morgan fingerprint density at radius 1 is 1.03 bits per heavy atom. The molecule has 9 heteroatoms. The third kappa shape index (κ3) is 3.09. The van der Waals surface area contributed by atoms with Gasteiger partial charge in [0.15, 0.2) is 23.0 Å². The lowest BCUT2D eigenvalue weighted by atomic mass is 9.95. The van der Waals surface area contributed by atoms with Gasteiger partial charge >= 0.3 is 0 Å². The Kier molecular flexibility index (Phi) is 4.21. The molecule has 31 heavy (non-hydrogen) atoms. The van der Waals surface area contributed by atoms with Crippen molar-refractivity contribution in [3.8, 4) is 16.9 Å². The number of ether oxygens (including phenoxy) is 1. The van der Waals surface area contributed by atoms with Crippen LogP contribution in [0.15, 0.2) is 55.1 Å². The van der Waals surface area contributed by atoms with Gasteiger partial charge in [-0.3, -0.25) is 14.1 Å². The van der Waals surface area contributed by atoms with E-state index in [9.17, 15) is 4.39 Å². The molecular weight excluding hydrogens is 402 g/mol. The number of alkyl halides is 1. The molecule has 0 saturated carbocycles. The molecule has 5 aromatic rings. The van der Waals surface area contributed by atoms with Crippen LogP contribution in [0.25, 0.3) is 27.7 Å². The van der Waals surface area contributed by atoms with Crippen molar-refractivity contribution in [2.45, 2.75) is 12.6 Å². The van der Waals surface area contributed by atoms with Crippen LogP contribution in [0, 0.1) is 5.82 Å². The van der Waals surface area contributed by atoms with Crippen molar-refractivity contribution in [1.82, 2.24) is 29.4 Å². The molecular formula is C22H18F2N6O. The highest BCUT2D eigenvalue weighted by molar-refractivity contribution is 5.80. The molecule has 1 unspecified atom stereocenters. The summed E-state index contributed by atoms with van der Waals surface area (Å²) in [5.41, 5.74) is 0.203. The fourth-order valence-electron chi connectivity index (χ4n) is 3.65. The van der Waals surface area contributed by atoms with Gasteiger partial charge in [-0.2, -0.15) is 5.10 Å². The first-order valence-corrected chi connectivity index (χ1v) is 9.54. The van der Waals surface area contributed by atoms with Crippen LogP contribution >= 0.6 is 0 Å². The Balaban J connectivity index is 1.67. The number of aryl methyl sites for hydroxylation is 1. The van der Waals surface area contributed by atoms with Gasteiger partial charge in [-0.05, 0) is 36.8 Å². The molecule has 0 spiro atoms. The monoisotopic (exact) mass is 420 g/mol. The summed E-state index contributed by atoms with van der Waals surface area (Å²) in [6, 6.07) is 8.18. The Morgan fingerprint density at radius 2 is 1.87 bits per heavy atom. The molecule has 5 rings (SSSR count). The van der Waals surface area contributed by atoms with E-state index < -0.39 is 11.5 Å². The largest absolute Gasteiger partial charge is 0.495 e. The van der Waals surface area contributed by atoms with Crippen molar-refractivity contribution in [2.24, 2.45) is 7.05 Å². The number of hydrogen-bond donors (Lipinski definition) is 0. The SMILES string of the molecule is COc1cnc2ccc(C(C)(F)c3nnc4c(F)cc(-c5cnn(C)c5)cn34)cc2c1. The predicted octanol–water partition coefficient (Wildman–Crippen LogP) is 4.06. The molecule has 0 bridgehead atoms. The molecule has 0 fully saturated rings. The molecule has 0 saturated heterocycles. The van der Waals surface area contributed by atoms with Crippen molar-refractivity contribution in [1.29, 1.82) is 0 Å². The maximum Gasteiger partial charge on any atom is 0.197 e. The zero-order chi connectivity index (χ0) is 21.8. The van der Waals surface area contributed by atoms with Crippen molar-refractivity contribution in [2.75, 3.05) is 7.11 Å². The summed E-state index contributed by atoms with van der Waals surface area (Å²) in [4.78, 5) is 4.31. The van der Waals surface area contributed by atoms with Crippen molar-refractivity contribution >= 4 is 16.6 Å². The number of pyridine rings is 2. The van der Waals surface area contributed by atoms with E-state index in [0.29, 0.717) is 28.0 Å². The molecule has 4 aromatic heterocycles. The van der Waals surface area contributed by atoms with E-state index in [0.717, 1.165) is 5.39 Å². The van der Waals surface area contributed by atoms with Crippen LogP contribution in [0.3, 0.4) is 0 Å². The number of halogens is 2. The van der Waals surface area contributed by atoms with Crippen LogP contribution in [-0.4, -0.2) is 36.5 Å². The van der Waals surface area contributed by atoms with Gasteiger partial charge in [0.2, 0.25) is 0 Å². The zero-order valence-electron chi connectivity index (χ0n) is 17.0. The second-order valence-electron chi connectivity index (χ2n) is 7.48. The molecule has 0 aliphatic carbocycles. The molecule has 1 atom stereocenters. The minimum Gasteiger partial charge on any atom is -0.495 e. The lowest BCUT2D eigenvalue weighted by Gasteiger charge is -2.20. The van der Waals surface area contributed by atoms with Gasteiger partial charge in [0, 0.05) is 36.0 Å². The Morgan fingerprint density at radius 3 is 2.61 bits per heavy atom. The zero-order valence-corrected chi connectivity index (χ0v) is 17.0. The van der Waals surface area contributed by atoms with E-state index in [1.165, 1.54) is 17.4 Å². The van der Waals surface area contributed by atoms with Gasteiger partial charge in [0.25, 0.3) is 0 Å². The molecule has 1 aromatic carbocycles. The Labute approximate surface area is 175 Å². The lowest BCUT2D eigenvalue weighted by Crippen LogP contribution is -2.21. The van der Waals surface area contributed by atoms with E-state index in [1.807, 2.05) is 0 Å². The number of hydrogen-bond acceptors (Lipinski definition) is 5. The highest BCUT2D eigenvalue weighted by atomic mass is 19.1. The van der Waals surface area contributed by atoms with Crippen LogP contribution in [0.2, 0.25) is 0 Å². The van der Waals surface area contributed by atoms with E-state index in [-0.39, 0.29) is 11.5 Å². The van der Waals surface area contributed by atoms with Gasteiger partial charge in [-0.25, -0.2) is 8.78 Å². The first kappa shape index (κ1) is 19.1. The highest BCUT2D eigenvalue weighted by Gasteiger charge is 2.35. The second-order valence-corrected chi connectivity index (χ2v) is 7.48. The van der Waals surface area contributed by atoms with Gasteiger partial charge in [0.1, 0.15) is 5.75 Å². The second kappa shape index (κ2) is 6.83. The standard InChI is InChI=1S/C22H18F2N6O/c1-22(24,16-4-5-19-13(6-16)7-17(31-3)10-25-19)21-28-27-20-18(23)8-14(12-30(20)21)15-9-26-29(2)11-15/h4-12H,1-3H3. The van der Waals surface area contributed by atoms with Gasteiger partial charge in [-0.1, -0.05) is 6.07 Å². The molecule has 0 radical (unpaired) electrons. The van der Waals surface area contributed by atoms with Crippen LogP contribution in [0.1, 0.15) is 18.3 Å². The van der Waals surface area contributed by atoms with Gasteiger partial charge in [0.05, 0.1) is 25.0 Å². The van der Waals surface area contributed by atoms with Gasteiger partial charge < -0.3 is 4.74 Å². The molecule has 4 heterocycles. The third-order valence-corrected chi connectivity index (χ3v) is 5.35. The summed E-state index contributed by atoms with van der Waals surface area (Å²) in [6.45, 7) is 1.38. The smallest absolute Gasteiger partial charge is 0.197 e. The van der Waals surface area contributed by atoms with Crippen molar-refractivity contribution < 1.29 is 13.5 Å². The fourth-order valence-corrected chi connectivity index (χ4v) is 3.65. The van der Waals surface area contributed by atoms with Crippen molar-refractivity contribution in [3.63, 3.8) is 0 Å². The molecule has 0 N–H and O–H groups in total. The molecule has 0 amide bonds. The van der Waals surface area contributed by atoms with Crippen LogP contribution in [-0.2, 0) is 12.7 Å². The lowest BCUT2D eigenvalue weighted by molar-refractivity contribution is 0.234. The number of benzene rings is 1. The van der Waals surface area contributed by atoms with Crippen molar-refractivity contribution in [3.05, 3.63) is 72.3 Å². The molecule has 0 aliphatic rings. The summed E-state index contributed by atoms with van der Waals surface area (Å²) < 4.78 is 39.1. The minimum absolute atomic E-state index is 0.0256. The van der Waals surface area contributed by atoms with E-state index in [1.54, 1.807) is 67.9 Å². The molecule has 7 nitrogen and oxygen atoms in total. The molecule has 0 aliphatic heterocycles. The first-order valence-electron chi connectivity index (χ1n) is 9.54. The summed E-state index contributed by atoms with van der Waals surface area (Å²) in [5, 5.41) is 12.7. The summed E-state index contributed by atoms with van der Waals surface area (Å²) in [5.74, 6) is -0.0491. The Hall–Kier alpha value is -3.88. The number of nitrogens with zero attached hydrogens (tertiary/aromatic N) is 6. The maximum atomic E-state index is 16.2. The van der Waals surface area contributed by atoms with Crippen LogP contribution < -0.4 is 4.74 Å². The third-order valence-electron chi connectivity index (χ3n) is 5.35. The molecule has 156 valence electrons. The highest BCUT2D eigenvalue weighted by Crippen LogP contribution is 2.35. The number of fused-ring (bicyclic) bond motifs is 2. The quantitative estimate of drug-likeness (QED) is 0.439. The Bertz CT molecular complexity index is 1440. The van der Waals surface area contributed by atoms with E-state index >= 15 is 4.39 Å². The average Bonchev–Trinajstić information content (AvgIpc) is 3.39. The summed E-state index contributed by atoms with van der Waals surface area (Å²) in [6.07, 6.45) is 6.59. The van der Waals surface area contributed by atoms with E-state index in [4.69, 9.17) is 4.74 Å². The minimum atomic E-state index is -2.04. The first-order chi connectivity index (χ1) is 14.9. The van der Waals surface area contributed by atoms with Crippen LogP contribution in [0.5, 0.6) is 5.75 Å². The topological polar surface area (TPSA) is 70.1 Å². The normalized spacial score (nSPS) is 13.6. The number of methoxy groups -OCH3 is 1. The number of aromatic nitrogens is 6. The van der Waals surface area contributed by atoms with Crippen LogP contribution in [0.4, 0.5) is 8.78 Å². The summed E-state index contributed by atoms with van der Waals surface area (Å²) >= 11 is 0. The summed E-state index contributed by atoms with van der Waals surface area (Å²) in [7, 11) is 3.31. The van der Waals surface area contributed by atoms with Gasteiger partial charge in [-0.15, -0.1) is 10.2 Å². The number of rotatable bonds is 4.